The van der Waals surface area contributed by atoms with Gasteiger partial charge in [-0.25, -0.2) is 0 Å². The molecule has 0 bridgehead atoms. The van der Waals surface area contributed by atoms with Crippen molar-refractivity contribution in [3.8, 4) is 0 Å². The summed E-state index contributed by atoms with van der Waals surface area (Å²) in [5.41, 5.74) is 2.35. The van der Waals surface area contributed by atoms with E-state index in [2.05, 4.69) is 29.6 Å². The third-order valence-electron chi connectivity index (χ3n) is 4.02. The highest BCUT2D eigenvalue weighted by molar-refractivity contribution is 5.95. The summed E-state index contributed by atoms with van der Waals surface area (Å²) in [4.78, 5) is 13.5. The molecule has 1 aromatic rings. The van der Waals surface area contributed by atoms with E-state index >= 15 is 0 Å². The number of carbonyl (C=O) groups is 1. The van der Waals surface area contributed by atoms with Crippen LogP contribution in [0.5, 0.6) is 0 Å². The zero-order valence-corrected chi connectivity index (χ0v) is 10.7. The van der Waals surface area contributed by atoms with Gasteiger partial charge in [-0.15, -0.1) is 0 Å². The number of benzene rings is 1. The Morgan fingerprint density at radius 1 is 1.17 bits per heavy atom. The van der Waals surface area contributed by atoms with Gasteiger partial charge in [0.2, 0.25) is 5.91 Å². The summed E-state index contributed by atoms with van der Waals surface area (Å²) in [6, 6.07) is 9.13. The van der Waals surface area contributed by atoms with Gasteiger partial charge in [-0.2, -0.15) is 0 Å². The lowest BCUT2D eigenvalue weighted by Crippen LogP contribution is -2.34. The summed E-state index contributed by atoms with van der Waals surface area (Å²) >= 11 is 0. The molecule has 3 nitrogen and oxygen atoms in total. The molecule has 3 rings (SSSR count). The molecule has 2 aliphatic rings. The summed E-state index contributed by atoms with van der Waals surface area (Å²) in [5.74, 6) is 0.260. The van der Waals surface area contributed by atoms with Gasteiger partial charge in [0.25, 0.3) is 0 Å². The Morgan fingerprint density at radius 3 is 2.50 bits per heavy atom. The Hall–Kier alpha value is -1.35. The Bertz CT molecular complexity index is 423. The minimum Gasteiger partial charge on any atom is -0.312 e. The number of anilines is 1. The highest BCUT2D eigenvalue weighted by Gasteiger charge is 2.21. The largest absolute Gasteiger partial charge is 0.312 e. The monoisotopic (exact) mass is 244 g/mol. The predicted octanol–water partition coefficient (Wildman–Crippen LogP) is 2.46. The van der Waals surface area contributed by atoms with Crippen molar-refractivity contribution in [2.75, 3.05) is 11.4 Å². The van der Waals surface area contributed by atoms with Crippen molar-refractivity contribution in [3.63, 3.8) is 0 Å². The van der Waals surface area contributed by atoms with Crippen molar-refractivity contribution < 1.29 is 4.79 Å². The van der Waals surface area contributed by atoms with E-state index in [4.69, 9.17) is 0 Å². The number of rotatable bonds is 4. The van der Waals surface area contributed by atoms with Gasteiger partial charge in [0.15, 0.2) is 0 Å². The van der Waals surface area contributed by atoms with Crippen LogP contribution in [0.2, 0.25) is 0 Å². The summed E-state index contributed by atoms with van der Waals surface area (Å²) in [7, 11) is 0. The maximum absolute atomic E-state index is 11.6. The molecule has 3 heteroatoms. The number of hydrogen-bond acceptors (Lipinski definition) is 2. The second kappa shape index (κ2) is 5.11. The van der Waals surface area contributed by atoms with E-state index in [0.717, 1.165) is 31.2 Å². The minimum atomic E-state index is 0.260. The molecule has 1 heterocycles. The van der Waals surface area contributed by atoms with Gasteiger partial charge in [-0.05, 0) is 37.0 Å². The number of carbonyl (C=O) groups excluding carboxylic acids is 1. The SMILES string of the molecule is O=C1CCCN1c1ccc(CNC2CCC2)cc1. The molecule has 96 valence electrons. The topological polar surface area (TPSA) is 32.3 Å². The molecule has 1 saturated heterocycles. The minimum absolute atomic E-state index is 0.260. The van der Waals surface area contributed by atoms with Crippen LogP contribution in [0.25, 0.3) is 0 Å². The van der Waals surface area contributed by atoms with Gasteiger partial charge < -0.3 is 10.2 Å². The third-order valence-corrected chi connectivity index (χ3v) is 4.02. The Morgan fingerprint density at radius 2 is 1.94 bits per heavy atom. The number of hydrogen-bond donors (Lipinski definition) is 1. The number of amides is 1. The molecule has 0 aromatic heterocycles. The first kappa shape index (κ1) is 11.7. The molecule has 1 aromatic carbocycles. The molecule has 0 radical (unpaired) electrons. The van der Waals surface area contributed by atoms with Crippen molar-refractivity contribution in [1.29, 1.82) is 0 Å². The molecular weight excluding hydrogens is 224 g/mol. The fraction of sp³-hybridized carbons (Fsp3) is 0.533. The van der Waals surface area contributed by atoms with Crippen LogP contribution < -0.4 is 10.2 Å². The summed E-state index contributed by atoms with van der Waals surface area (Å²) in [5, 5.41) is 3.55. The van der Waals surface area contributed by atoms with Crippen molar-refractivity contribution in [2.45, 2.75) is 44.7 Å². The van der Waals surface area contributed by atoms with Gasteiger partial charge in [0, 0.05) is 31.2 Å². The first-order valence-corrected chi connectivity index (χ1v) is 6.95. The van der Waals surface area contributed by atoms with E-state index in [0.29, 0.717) is 6.42 Å². The standard InChI is InChI=1S/C15H20N2O/c18-15-5-2-10-17(15)14-8-6-12(7-9-14)11-16-13-3-1-4-13/h6-9,13,16H,1-5,10-11H2. The third kappa shape index (κ3) is 2.41. The molecule has 1 amide bonds. The fourth-order valence-electron chi connectivity index (χ4n) is 2.59. The molecule has 1 aliphatic carbocycles. The average Bonchev–Trinajstić information content (AvgIpc) is 2.74. The van der Waals surface area contributed by atoms with E-state index in [1.165, 1.54) is 24.8 Å². The van der Waals surface area contributed by atoms with Crippen molar-refractivity contribution in [1.82, 2.24) is 5.32 Å². The Kier molecular flexibility index (Phi) is 3.33. The van der Waals surface area contributed by atoms with E-state index in [9.17, 15) is 4.79 Å². The molecule has 1 N–H and O–H groups in total. The highest BCUT2D eigenvalue weighted by atomic mass is 16.2. The van der Waals surface area contributed by atoms with Crippen LogP contribution in [0.15, 0.2) is 24.3 Å². The molecule has 1 saturated carbocycles. The van der Waals surface area contributed by atoms with Crippen LogP contribution in [-0.4, -0.2) is 18.5 Å². The van der Waals surface area contributed by atoms with Crippen LogP contribution in [0.4, 0.5) is 5.69 Å². The van der Waals surface area contributed by atoms with Crippen molar-refractivity contribution >= 4 is 11.6 Å². The van der Waals surface area contributed by atoms with Gasteiger partial charge in [0.05, 0.1) is 0 Å². The lowest BCUT2D eigenvalue weighted by molar-refractivity contribution is -0.117. The second-order valence-corrected chi connectivity index (χ2v) is 5.32. The van der Waals surface area contributed by atoms with Gasteiger partial charge in [-0.3, -0.25) is 4.79 Å². The van der Waals surface area contributed by atoms with E-state index in [-0.39, 0.29) is 5.91 Å². The maximum atomic E-state index is 11.6. The van der Waals surface area contributed by atoms with E-state index in [1.807, 2.05) is 4.90 Å². The number of nitrogens with one attached hydrogen (secondary N) is 1. The molecule has 0 atom stereocenters. The predicted molar refractivity (Wildman–Crippen MR) is 72.5 cm³/mol. The lowest BCUT2D eigenvalue weighted by Gasteiger charge is -2.26. The first-order chi connectivity index (χ1) is 8.83. The molecule has 18 heavy (non-hydrogen) atoms. The normalized spacial score (nSPS) is 20.2. The first-order valence-electron chi connectivity index (χ1n) is 6.95. The average molecular weight is 244 g/mol. The quantitative estimate of drug-likeness (QED) is 0.882. The zero-order valence-electron chi connectivity index (χ0n) is 10.7. The molecule has 0 unspecified atom stereocenters. The van der Waals surface area contributed by atoms with E-state index < -0.39 is 0 Å². The molecule has 0 spiro atoms. The van der Waals surface area contributed by atoms with E-state index in [1.54, 1.807) is 0 Å². The van der Waals surface area contributed by atoms with Crippen LogP contribution in [0, 0.1) is 0 Å². The number of nitrogens with zero attached hydrogens (tertiary/aromatic N) is 1. The summed E-state index contributed by atoms with van der Waals surface area (Å²) in [6.07, 6.45) is 5.70. The zero-order chi connectivity index (χ0) is 12.4. The van der Waals surface area contributed by atoms with Crippen LogP contribution in [-0.2, 0) is 11.3 Å². The smallest absolute Gasteiger partial charge is 0.227 e. The van der Waals surface area contributed by atoms with Crippen LogP contribution >= 0.6 is 0 Å². The fourth-order valence-corrected chi connectivity index (χ4v) is 2.59. The molecule has 1 aliphatic heterocycles. The lowest BCUT2D eigenvalue weighted by atomic mass is 9.93. The maximum Gasteiger partial charge on any atom is 0.227 e. The molecular formula is C15H20N2O. The highest BCUT2D eigenvalue weighted by Crippen LogP contribution is 2.22. The Balaban J connectivity index is 1.59. The van der Waals surface area contributed by atoms with Gasteiger partial charge in [-0.1, -0.05) is 18.6 Å². The summed E-state index contributed by atoms with van der Waals surface area (Å²) < 4.78 is 0. The van der Waals surface area contributed by atoms with Crippen LogP contribution in [0.3, 0.4) is 0 Å². The van der Waals surface area contributed by atoms with Gasteiger partial charge >= 0.3 is 0 Å². The Labute approximate surface area is 108 Å². The van der Waals surface area contributed by atoms with Gasteiger partial charge in [0.1, 0.15) is 0 Å². The summed E-state index contributed by atoms with van der Waals surface area (Å²) in [6.45, 7) is 1.82. The van der Waals surface area contributed by atoms with Crippen molar-refractivity contribution in [3.05, 3.63) is 29.8 Å². The van der Waals surface area contributed by atoms with Crippen LogP contribution in [0.1, 0.15) is 37.7 Å². The second-order valence-electron chi connectivity index (χ2n) is 5.32. The molecule has 2 fully saturated rings. The van der Waals surface area contributed by atoms with Crippen molar-refractivity contribution in [2.24, 2.45) is 0 Å².